The van der Waals surface area contributed by atoms with Gasteiger partial charge in [-0.3, -0.25) is 0 Å². The first-order valence-electron chi connectivity index (χ1n) is 21.5. The van der Waals surface area contributed by atoms with Crippen molar-refractivity contribution < 1.29 is 0 Å². The van der Waals surface area contributed by atoms with Crippen LogP contribution >= 0.6 is 0 Å². The Kier molecular flexibility index (Phi) is 8.47. The third-order valence-electron chi connectivity index (χ3n) is 13.1. The first-order valence-corrected chi connectivity index (χ1v) is 21.5. The van der Waals surface area contributed by atoms with E-state index in [1.54, 1.807) is 0 Å². The lowest BCUT2D eigenvalue weighted by atomic mass is 9.70. The Bertz CT molecular complexity index is 3210. The zero-order valence-corrected chi connectivity index (χ0v) is 34.1. The molecule has 1 heteroatoms. The highest BCUT2D eigenvalue weighted by Crippen LogP contribution is 2.63. The molecule has 0 aromatic heterocycles. The largest absolute Gasteiger partial charge is 0.310 e. The van der Waals surface area contributed by atoms with E-state index in [2.05, 4.69) is 254 Å². The summed E-state index contributed by atoms with van der Waals surface area (Å²) in [6, 6.07) is 91.5. The Morgan fingerprint density at radius 2 is 0.613 bits per heavy atom. The fourth-order valence-corrected chi connectivity index (χ4v) is 10.4. The number of nitrogens with zero attached hydrogens (tertiary/aromatic N) is 1. The van der Waals surface area contributed by atoms with E-state index in [0.29, 0.717) is 0 Å². The standard InChI is InChI=1S/C61H41N/c1-4-17-42(18-5-1)44-31-33-48(34-32-44)62(49-35-37-51(56(40-49)45-21-8-3-9-22-45)47-24-16-23-46(39-47)43-19-6-2-7-20-43)50-36-38-55-54-27-12-15-30-59(54)61(60(55)41-50)57-28-13-10-25-52(57)53-26-11-14-29-58(53)61/h1-41H. The first-order chi connectivity index (χ1) is 30.8. The predicted molar refractivity (Wildman–Crippen MR) is 259 cm³/mol. The minimum Gasteiger partial charge on any atom is -0.310 e. The average Bonchev–Trinajstić information content (AvgIpc) is 3.82. The molecular weight excluding hydrogens is 747 g/mol. The number of anilines is 3. The van der Waals surface area contributed by atoms with Gasteiger partial charge < -0.3 is 4.90 Å². The second-order valence-corrected chi connectivity index (χ2v) is 16.4. The Labute approximate surface area is 363 Å². The molecule has 0 N–H and O–H groups in total. The maximum atomic E-state index is 2.48. The molecule has 0 fully saturated rings. The molecule has 12 rings (SSSR count). The summed E-state index contributed by atoms with van der Waals surface area (Å²) in [6.07, 6.45) is 0. The average molecular weight is 788 g/mol. The SMILES string of the molecule is c1ccc(-c2ccc(N(c3ccc(-c4cccc(-c5ccccc5)c4)c(-c4ccccc4)c3)c3ccc4c(c3)C3(c5ccccc5-c5ccccc53)c3ccccc3-4)cc2)cc1. The fourth-order valence-electron chi connectivity index (χ4n) is 10.4. The first kappa shape index (κ1) is 35.9. The van der Waals surface area contributed by atoms with Crippen molar-refractivity contribution in [2.45, 2.75) is 5.41 Å². The van der Waals surface area contributed by atoms with Crippen LogP contribution in [0.5, 0.6) is 0 Å². The molecule has 0 atom stereocenters. The van der Waals surface area contributed by atoms with Gasteiger partial charge in [-0.25, -0.2) is 0 Å². The summed E-state index contributed by atoms with van der Waals surface area (Å²) in [4.78, 5) is 2.45. The molecule has 1 spiro atoms. The molecule has 0 radical (unpaired) electrons. The number of hydrogen-bond acceptors (Lipinski definition) is 1. The number of fused-ring (bicyclic) bond motifs is 10. The van der Waals surface area contributed by atoms with Crippen LogP contribution in [0.4, 0.5) is 17.1 Å². The van der Waals surface area contributed by atoms with Gasteiger partial charge in [-0.05, 0) is 131 Å². The van der Waals surface area contributed by atoms with Gasteiger partial charge in [0.2, 0.25) is 0 Å². The zero-order chi connectivity index (χ0) is 41.0. The van der Waals surface area contributed by atoms with E-state index >= 15 is 0 Å². The molecule has 0 unspecified atom stereocenters. The van der Waals surface area contributed by atoms with E-state index in [1.165, 1.54) is 89.0 Å². The third kappa shape index (κ3) is 5.63. The highest BCUT2D eigenvalue weighted by molar-refractivity contribution is 5.97. The molecular formula is C61H41N. The van der Waals surface area contributed by atoms with Gasteiger partial charge in [-0.2, -0.15) is 0 Å². The summed E-state index contributed by atoms with van der Waals surface area (Å²) >= 11 is 0. The number of hydrogen-bond donors (Lipinski definition) is 0. The normalized spacial score (nSPS) is 12.6. The molecule has 0 heterocycles. The van der Waals surface area contributed by atoms with Gasteiger partial charge in [0.05, 0.1) is 5.41 Å². The second kappa shape index (κ2) is 14.6. The minimum atomic E-state index is -0.444. The molecule has 1 nitrogen and oxygen atoms in total. The Balaban J connectivity index is 1.08. The summed E-state index contributed by atoms with van der Waals surface area (Å²) < 4.78 is 0. The van der Waals surface area contributed by atoms with Gasteiger partial charge in [0.25, 0.3) is 0 Å². The molecule has 0 saturated heterocycles. The van der Waals surface area contributed by atoms with E-state index in [9.17, 15) is 0 Å². The topological polar surface area (TPSA) is 3.24 Å². The fraction of sp³-hybridized carbons (Fsp3) is 0.0164. The lowest BCUT2D eigenvalue weighted by molar-refractivity contribution is 0.793. The monoisotopic (exact) mass is 787 g/mol. The van der Waals surface area contributed by atoms with Crippen molar-refractivity contribution in [2.24, 2.45) is 0 Å². The van der Waals surface area contributed by atoms with Crippen molar-refractivity contribution in [2.75, 3.05) is 4.90 Å². The summed E-state index contributed by atoms with van der Waals surface area (Å²) in [7, 11) is 0. The van der Waals surface area contributed by atoms with Crippen LogP contribution in [0.2, 0.25) is 0 Å². The molecule has 0 bridgehead atoms. The maximum absolute atomic E-state index is 2.48. The minimum absolute atomic E-state index is 0.444. The molecule has 62 heavy (non-hydrogen) atoms. The molecule has 290 valence electrons. The van der Waals surface area contributed by atoms with Gasteiger partial charge in [0.1, 0.15) is 0 Å². The van der Waals surface area contributed by atoms with Crippen LogP contribution in [0.1, 0.15) is 22.3 Å². The Morgan fingerprint density at radius 1 is 0.210 bits per heavy atom. The molecule has 0 amide bonds. The van der Waals surface area contributed by atoms with Gasteiger partial charge in [-0.15, -0.1) is 0 Å². The quantitative estimate of drug-likeness (QED) is 0.155. The van der Waals surface area contributed by atoms with E-state index < -0.39 is 5.41 Å². The lowest BCUT2D eigenvalue weighted by Crippen LogP contribution is -2.26. The van der Waals surface area contributed by atoms with Crippen molar-refractivity contribution in [3.05, 3.63) is 271 Å². The Hall–Kier alpha value is -8.00. The molecule has 0 aliphatic heterocycles. The van der Waals surface area contributed by atoms with Crippen molar-refractivity contribution in [1.29, 1.82) is 0 Å². The lowest BCUT2D eigenvalue weighted by Gasteiger charge is -2.32. The summed E-state index contributed by atoms with van der Waals surface area (Å²) in [5.74, 6) is 0. The third-order valence-corrected chi connectivity index (χ3v) is 13.1. The van der Waals surface area contributed by atoms with Gasteiger partial charge in [0, 0.05) is 17.1 Å². The van der Waals surface area contributed by atoms with E-state index in [4.69, 9.17) is 0 Å². The van der Waals surface area contributed by atoms with Crippen LogP contribution < -0.4 is 4.90 Å². The predicted octanol–water partition coefficient (Wildman–Crippen LogP) is 16.2. The van der Waals surface area contributed by atoms with Gasteiger partial charge >= 0.3 is 0 Å². The van der Waals surface area contributed by atoms with Crippen LogP contribution in [-0.4, -0.2) is 0 Å². The van der Waals surface area contributed by atoms with Crippen LogP contribution in [-0.2, 0) is 5.41 Å². The number of benzene rings is 10. The molecule has 2 aliphatic rings. The molecule has 10 aromatic carbocycles. The molecule has 10 aromatic rings. The van der Waals surface area contributed by atoms with Crippen LogP contribution in [0.15, 0.2) is 249 Å². The zero-order valence-electron chi connectivity index (χ0n) is 34.1. The van der Waals surface area contributed by atoms with E-state index in [0.717, 1.165) is 17.1 Å². The van der Waals surface area contributed by atoms with Crippen molar-refractivity contribution in [1.82, 2.24) is 0 Å². The van der Waals surface area contributed by atoms with Gasteiger partial charge in [-0.1, -0.05) is 206 Å². The van der Waals surface area contributed by atoms with Gasteiger partial charge in [0.15, 0.2) is 0 Å². The van der Waals surface area contributed by atoms with Crippen molar-refractivity contribution >= 4 is 17.1 Å². The highest BCUT2D eigenvalue weighted by atomic mass is 15.1. The summed E-state index contributed by atoms with van der Waals surface area (Å²) in [5, 5.41) is 0. The van der Waals surface area contributed by atoms with E-state index in [-0.39, 0.29) is 0 Å². The Morgan fingerprint density at radius 3 is 1.19 bits per heavy atom. The maximum Gasteiger partial charge on any atom is 0.0726 e. The number of rotatable bonds is 7. The highest BCUT2D eigenvalue weighted by Gasteiger charge is 2.51. The van der Waals surface area contributed by atoms with Crippen LogP contribution in [0.25, 0.3) is 66.8 Å². The summed E-state index contributed by atoms with van der Waals surface area (Å²) in [5.41, 5.74) is 23.0. The smallest absolute Gasteiger partial charge is 0.0726 e. The van der Waals surface area contributed by atoms with E-state index in [1.807, 2.05) is 0 Å². The second-order valence-electron chi connectivity index (χ2n) is 16.4. The van der Waals surface area contributed by atoms with Crippen molar-refractivity contribution in [3.63, 3.8) is 0 Å². The van der Waals surface area contributed by atoms with Crippen LogP contribution in [0, 0.1) is 0 Å². The summed E-state index contributed by atoms with van der Waals surface area (Å²) in [6.45, 7) is 0. The molecule has 0 saturated carbocycles. The van der Waals surface area contributed by atoms with Crippen LogP contribution in [0.3, 0.4) is 0 Å². The van der Waals surface area contributed by atoms with Crippen molar-refractivity contribution in [3.8, 4) is 66.8 Å². The molecule has 2 aliphatic carbocycles.